The minimum Gasteiger partial charge on any atom is -0.390 e. The second-order valence-corrected chi connectivity index (χ2v) is 10.6. The summed E-state index contributed by atoms with van der Waals surface area (Å²) in [5.74, 6) is 0.808. The van der Waals surface area contributed by atoms with Crippen LogP contribution in [0, 0.1) is 12.3 Å². The van der Waals surface area contributed by atoms with Crippen molar-refractivity contribution in [2.24, 2.45) is 5.41 Å². The lowest BCUT2D eigenvalue weighted by Crippen LogP contribution is -2.41. The fourth-order valence-corrected chi connectivity index (χ4v) is 5.36. The highest BCUT2D eigenvalue weighted by molar-refractivity contribution is 7.58. The summed E-state index contributed by atoms with van der Waals surface area (Å²) in [7, 11) is -1.16. The predicted octanol–water partition coefficient (Wildman–Crippen LogP) is 1.96. The van der Waals surface area contributed by atoms with E-state index in [1.54, 1.807) is 31.6 Å². The molecule has 3 heterocycles. The van der Waals surface area contributed by atoms with Gasteiger partial charge in [-0.1, -0.05) is 6.92 Å². The zero-order valence-electron chi connectivity index (χ0n) is 17.5. The molecule has 0 amide bonds. The molecule has 1 fully saturated rings. The molecule has 0 aliphatic carbocycles. The first kappa shape index (κ1) is 22.1. The number of ether oxygens (including phenoxy) is 2. The van der Waals surface area contributed by atoms with Crippen molar-refractivity contribution in [2.45, 2.75) is 45.6 Å². The van der Waals surface area contributed by atoms with Crippen molar-refractivity contribution >= 4 is 24.4 Å². The van der Waals surface area contributed by atoms with E-state index in [1.807, 2.05) is 13.8 Å². The first-order chi connectivity index (χ1) is 13.6. The first-order valence-electron chi connectivity index (χ1n) is 9.63. The second kappa shape index (κ2) is 8.28. The molecule has 29 heavy (non-hydrogen) atoms. The van der Waals surface area contributed by atoms with E-state index in [0.29, 0.717) is 42.0 Å². The number of aromatic nitrogens is 4. The van der Waals surface area contributed by atoms with Crippen molar-refractivity contribution in [3.8, 4) is 0 Å². The van der Waals surface area contributed by atoms with E-state index in [9.17, 15) is 9.67 Å². The number of fused-ring (bicyclic) bond motifs is 1. The van der Waals surface area contributed by atoms with Gasteiger partial charge in [-0.2, -0.15) is 0 Å². The number of aryl methyl sites for hydroxylation is 1. The molecule has 2 aromatic rings. The van der Waals surface area contributed by atoms with Crippen LogP contribution in [0.1, 0.15) is 32.3 Å². The molecule has 1 aliphatic heterocycles. The van der Waals surface area contributed by atoms with E-state index in [2.05, 4.69) is 15.0 Å². The predicted molar refractivity (Wildman–Crippen MR) is 109 cm³/mol. The van der Waals surface area contributed by atoms with E-state index >= 15 is 0 Å². The zero-order valence-corrected chi connectivity index (χ0v) is 18.4. The van der Waals surface area contributed by atoms with E-state index in [-0.39, 0.29) is 6.61 Å². The molecule has 2 aromatic heterocycles. The number of aliphatic hydroxyl groups excluding tert-OH is 1. The summed E-state index contributed by atoms with van der Waals surface area (Å²) in [6, 6.07) is 0. The summed E-state index contributed by atoms with van der Waals surface area (Å²) < 4.78 is 31.3. The van der Waals surface area contributed by atoms with Crippen LogP contribution in [0.3, 0.4) is 0 Å². The summed E-state index contributed by atoms with van der Waals surface area (Å²) in [5.41, 5.74) is 6.22. The van der Waals surface area contributed by atoms with Gasteiger partial charge in [0.1, 0.15) is 17.6 Å². The summed E-state index contributed by atoms with van der Waals surface area (Å²) in [6.07, 6.45) is 0.335. The van der Waals surface area contributed by atoms with Gasteiger partial charge in [0.25, 0.3) is 0 Å². The smallest absolute Gasteiger partial charge is 0.200 e. The van der Waals surface area contributed by atoms with Crippen LogP contribution in [0.4, 0.5) is 5.82 Å². The number of nitrogens with zero attached hydrogens (tertiary/aromatic N) is 4. The SMILES string of the molecule is CCOP(C)(=O)CC[C@H]1O[C@@H](n2cnc3c(N)nc(C)nc32)[C@@](C)(COC)C1O. The summed E-state index contributed by atoms with van der Waals surface area (Å²) in [4.78, 5) is 13.0. The van der Waals surface area contributed by atoms with Gasteiger partial charge in [0.15, 0.2) is 18.8 Å². The maximum atomic E-state index is 12.5. The molecule has 2 unspecified atom stereocenters. The molecule has 1 aliphatic rings. The van der Waals surface area contributed by atoms with E-state index in [0.717, 1.165) is 0 Å². The number of aliphatic hydroxyl groups is 1. The molecule has 0 aromatic carbocycles. The van der Waals surface area contributed by atoms with Gasteiger partial charge in [-0.25, -0.2) is 15.0 Å². The second-order valence-electron chi connectivity index (χ2n) is 7.83. The van der Waals surface area contributed by atoms with Gasteiger partial charge in [-0.15, -0.1) is 0 Å². The molecular weight excluding hydrogens is 397 g/mol. The molecule has 10 nitrogen and oxygen atoms in total. The third-order valence-electron chi connectivity index (χ3n) is 5.39. The van der Waals surface area contributed by atoms with Crippen LogP contribution in [0.15, 0.2) is 6.33 Å². The summed E-state index contributed by atoms with van der Waals surface area (Å²) >= 11 is 0. The van der Waals surface area contributed by atoms with Crippen LogP contribution in [-0.2, 0) is 18.6 Å². The minimum absolute atomic E-state index is 0.254. The molecule has 5 atom stereocenters. The fraction of sp³-hybridized carbons (Fsp3) is 0.722. The average Bonchev–Trinajstić information content (AvgIpc) is 3.14. The Labute approximate surface area is 170 Å². The lowest BCUT2D eigenvalue weighted by Gasteiger charge is -2.32. The largest absolute Gasteiger partial charge is 0.390 e. The third kappa shape index (κ3) is 4.18. The van der Waals surface area contributed by atoms with Crippen molar-refractivity contribution < 1.29 is 23.7 Å². The number of hydrogen-bond donors (Lipinski definition) is 2. The monoisotopic (exact) mass is 427 g/mol. The van der Waals surface area contributed by atoms with Crippen LogP contribution in [0.25, 0.3) is 11.2 Å². The molecule has 0 saturated carbocycles. The molecule has 162 valence electrons. The Morgan fingerprint density at radius 1 is 1.45 bits per heavy atom. The Morgan fingerprint density at radius 3 is 2.83 bits per heavy atom. The van der Waals surface area contributed by atoms with Crippen LogP contribution < -0.4 is 5.73 Å². The quantitative estimate of drug-likeness (QED) is 0.606. The molecule has 0 spiro atoms. The van der Waals surface area contributed by atoms with Crippen molar-refractivity contribution in [1.82, 2.24) is 19.5 Å². The normalized spacial score (nSPS) is 29.4. The van der Waals surface area contributed by atoms with Gasteiger partial charge < -0.3 is 24.8 Å². The molecule has 0 radical (unpaired) electrons. The number of imidazole rings is 1. The average molecular weight is 427 g/mol. The molecule has 3 rings (SSSR count). The zero-order chi connectivity index (χ0) is 21.4. The number of methoxy groups -OCH3 is 1. The van der Waals surface area contributed by atoms with Gasteiger partial charge in [-0.3, -0.25) is 9.13 Å². The van der Waals surface area contributed by atoms with Gasteiger partial charge in [-0.05, 0) is 20.3 Å². The number of hydrogen-bond acceptors (Lipinski definition) is 9. The molecule has 0 bridgehead atoms. The highest BCUT2D eigenvalue weighted by Gasteiger charge is 2.54. The minimum atomic E-state index is -2.74. The lowest BCUT2D eigenvalue weighted by atomic mass is 9.82. The molecule has 3 N–H and O–H groups in total. The molecule has 1 saturated heterocycles. The highest BCUT2D eigenvalue weighted by atomic mass is 31.2. The summed E-state index contributed by atoms with van der Waals surface area (Å²) in [5, 5.41) is 11.1. The molecular formula is C18H30N5O5P. The lowest BCUT2D eigenvalue weighted by molar-refractivity contribution is -0.0587. The van der Waals surface area contributed by atoms with Gasteiger partial charge >= 0.3 is 0 Å². The van der Waals surface area contributed by atoms with Crippen molar-refractivity contribution in [3.05, 3.63) is 12.2 Å². The topological polar surface area (TPSA) is 135 Å². The standard InChI is InChI=1S/C18H30N5O5P/c1-6-27-29(5,25)8-7-12-14(24)18(3,9-26-4)17(28-12)23-10-20-13-15(19)21-11(2)22-16(13)23/h10,12,14,17,24H,6-9H2,1-5H3,(H2,19,21,22)/t12-,14?,17-,18+,29?/m1/s1. The Morgan fingerprint density at radius 2 is 2.17 bits per heavy atom. The van der Waals surface area contributed by atoms with Crippen LogP contribution in [-0.4, -0.2) is 70.0 Å². The van der Waals surface area contributed by atoms with E-state index in [4.69, 9.17) is 19.7 Å². The van der Waals surface area contributed by atoms with Crippen LogP contribution in [0.5, 0.6) is 0 Å². The van der Waals surface area contributed by atoms with Crippen molar-refractivity contribution in [1.29, 1.82) is 0 Å². The maximum absolute atomic E-state index is 12.5. The maximum Gasteiger partial charge on any atom is 0.200 e. The van der Waals surface area contributed by atoms with Crippen molar-refractivity contribution in [3.63, 3.8) is 0 Å². The van der Waals surface area contributed by atoms with Gasteiger partial charge in [0, 0.05) is 19.9 Å². The number of nitrogens with two attached hydrogens (primary N) is 1. The Balaban J connectivity index is 1.94. The van der Waals surface area contributed by atoms with Gasteiger partial charge in [0.05, 0.1) is 37.2 Å². The number of rotatable bonds is 8. The molecule has 11 heteroatoms. The summed E-state index contributed by atoms with van der Waals surface area (Å²) in [6.45, 7) is 7.69. The Hall–Kier alpha value is -1.58. The first-order valence-corrected chi connectivity index (χ1v) is 11.9. The highest BCUT2D eigenvalue weighted by Crippen LogP contribution is 2.50. The van der Waals surface area contributed by atoms with E-state index < -0.39 is 31.2 Å². The Bertz CT molecular complexity index is 921. The number of anilines is 1. The fourth-order valence-electron chi connectivity index (χ4n) is 3.97. The van der Waals surface area contributed by atoms with Crippen LogP contribution in [0.2, 0.25) is 0 Å². The number of nitrogen functional groups attached to an aromatic ring is 1. The van der Waals surface area contributed by atoms with Gasteiger partial charge in [0.2, 0.25) is 0 Å². The van der Waals surface area contributed by atoms with Crippen LogP contribution >= 0.6 is 7.37 Å². The van der Waals surface area contributed by atoms with Crippen molar-refractivity contribution in [2.75, 3.05) is 38.9 Å². The van der Waals surface area contributed by atoms with E-state index in [1.165, 1.54) is 0 Å². The third-order valence-corrected chi connectivity index (χ3v) is 7.26. The Kier molecular flexibility index (Phi) is 6.31.